The van der Waals surface area contributed by atoms with Gasteiger partial charge in [0.1, 0.15) is 5.75 Å². The Labute approximate surface area is 71.5 Å². The first-order valence-electron chi connectivity index (χ1n) is 4.08. The van der Waals surface area contributed by atoms with Crippen molar-refractivity contribution in [1.82, 2.24) is 5.43 Å². The van der Waals surface area contributed by atoms with Crippen LogP contribution in [0.5, 0.6) is 5.75 Å². The molecule has 0 unspecified atom stereocenters. The standard InChI is InChI=1S/C9H12N2O/c10-11-6-7-1-2-9-8(5-7)3-4-12-9/h1-2,5,11H,3-4,6,10H2. The van der Waals surface area contributed by atoms with Gasteiger partial charge < -0.3 is 4.74 Å². The van der Waals surface area contributed by atoms with Crippen molar-refractivity contribution >= 4 is 0 Å². The van der Waals surface area contributed by atoms with Crippen molar-refractivity contribution in [2.75, 3.05) is 6.61 Å². The molecule has 3 heteroatoms. The van der Waals surface area contributed by atoms with Gasteiger partial charge in [0.2, 0.25) is 0 Å². The van der Waals surface area contributed by atoms with Crippen LogP contribution in [0.4, 0.5) is 0 Å². The summed E-state index contributed by atoms with van der Waals surface area (Å²) in [6.07, 6.45) is 1.02. The quantitative estimate of drug-likeness (QED) is 0.496. The number of rotatable bonds is 2. The van der Waals surface area contributed by atoms with Crippen LogP contribution >= 0.6 is 0 Å². The summed E-state index contributed by atoms with van der Waals surface area (Å²) >= 11 is 0. The van der Waals surface area contributed by atoms with Crippen LogP contribution in [0.25, 0.3) is 0 Å². The van der Waals surface area contributed by atoms with Crippen molar-refractivity contribution in [3.8, 4) is 5.75 Å². The van der Waals surface area contributed by atoms with Gasteiger partial charge in [0.05, 0.1) is 6.61 Å². The lowest BCUT2D eigenvalue weighted by atomic mass is 10.1. The van der Waals surface area contributed by atoms with Crippen molar-refractivity contribution in [3.63, 3.8) is 0 Å². The molecule has 3 nitrogen and oxygen atoms in total. The Balaban J connectivity index is 2.26. The van der Waals surface area contributed by atoms with Crippen LogP contribution in [0.2, 0.25) is 0 Å². The van der Waals surface area contributed by atoms with Crippen LogP contribution in [0.15, 0.2) is 18.2 Å². The molecule has 12 heavy (non-hydrogen) atoms. The van der Waals surface area contributed by atoms with Crippen LogP contribution in [0.1, 0.15) is 11.1 Å². The van der Waals surface area contributed by atoms with Gasteiger partial charge in [-0.2, -0.15) is 0 Å². The van der Waals surface area contributed by atoms with Gasteiger partial charge in [-0.25, -0.2) is 0 Å². The molecule has 1 aromatic rings. The van der Waals surface area contributed by atoms with E-state index in [0.29, 0.717) is 6.54 Å². The van der Waals surface area contributed by atoms with E-state index < -0.39 is 0 Å². The van der Waals surface area contributed by atoms with Crippen molar-refractivity contribution in [3.05, 3.63) is 29.3 Å². The molecule has 1 aliphatic heterocycles. The predicted molar refractivity (Wildman–Crippen MR) is 46.7 cm³/mol. The number of fused-ring (bicyclic) bond motifs is 1. The Morgan fingerprint density at radius 2 is 2.42 bits per heavy atom. The molecule has 0 fully saturated rings. The normalized spacial score (nSPS) is 14.1. The number of benzene rings is 1. The van der Waals surface area contributed by atoms with E-state index in [2.05, 4.69) is 11.5 Å². The van der Waals surface area contributed by atoms with Gasteiger partial charge in [0.15, 0.2) is 0 Å². The fourth-order valence-electron chi connectivity index (χ4n) is 1.47. The fourth-order valence-corrected chi connectivity index (χ4v) is 1.47. The summed E-state index contributed by atoms with van der Waals surface area (Å²) in [6.45, 7) is 1.53. The molecule has 0 saturated heterocycles. The molecule has 1 aliphatic rings. The average molecular weight is 164 g/mol. The van der Waals surface area contributed by atoms with E-state index in [1.807, 2.05) is 12.1 Å². The van der Waals surface area contributed by atoms with Gasteiger partial charge in [0.25, 0.3) is 0 Å². The monoisotopic (exact) mass is 164 g/mol. The fraction of sp³-hybridized carbons (Fsp3) is 0.333. The first-order chi connectivity index (χ1) is 5.90. The van der Waals surface area contributed by atoms with Crippen molar-refractivity contribution < 1.29 is 4.74 Å². The highest BCUT2D eigenvalue weighted by Crippen LogP contribution is 2.25. The minimum Gasteiger partial charge on any atom is -0.493 e. The Hall–Kier alpha value is -1.06. The molecule has 0 atom stereocenters. The molecule has 0 bridgehead atoms. The highest BCUT2D eigenvalue weighted by molar-refractivity contribution is 5.39. The van der Waals surface area contributed by atoms with Crippen LogP contribution in [0.3, 0.4) is 0 Å². The zero-order valence-corrected chi connectivity index (χ0v) is 6.84. The molecule has 0 aromatic heterocycles. The second kappa shape index (κ2) is 3.13. The van der Waals surface area contributed by atoms with E-state index in [1.54, 1.807) is 0 Å². The number of nitrogens with one attached hydrogen (secondary N) is 1. The van der Waals surface area contributed by atoms with Gasteiger partial charge in [-0.1, -0.05) is 12.1 Å². The summed E-state index contributed by atoms with van der Waals surface area (Å²) in [5.74, 6) is 6.25. The van der Waals surface area contributed by atoms with E-state index in [1.165, 1.54) is 11.1 Å². The topological polar surface area (TPSA) is 47.3 Å². The van der Waals surface area contributed by atoms with E-state index in [0.717, 1.165) is 18.8 Å². The molecule has 0 saturated carbocycles. The Morgan fingerprint density at radius 1 is 1.50 bits per heavy atom. The van der Waals surface area contributed by atoms with Crippen LogP contribution < -0.4 is 16.0 Å². The second-order valence-corrected chi connectivity index (χ2v) is 2.92. The number of hydrogen-bond acceptors (Lipinski definition) is 3. The Bertz CT molecular complexity index is 286. The van der Waals surface area contributed by atoms with Crippen LogP contribution in [-0.2, 0) is 13.0 Å². The predicted octanol–water partition coefficient (Wildman–Crippen LogP) is 0.585. The van der Waals surface area contributed by atoms with Crippen molar-refractivity contribution in [2.24, 2.45) is 5.84 Å². The second-order valence-electron chi connectivity index (χ2n) is 2.92. The molecular formula is C9H12N2O. The summed E-state index contributed by atoms with van der Waals surface area (Å²) in [5.41, 5.74) is 5.14. The molecule has 3 N–H and O–H groups in total. The maximum Gasteiger partial charge on any atom is 0.122 e. The molecule has 0 radical (unpaired) electrons. The molecule has 0 amide bonds. The molecule has 64 valence electrons. The van der Waals surface area contributed by atoms with Gasteiger partial charge in [0, 0.05) is 13.0 Å². The number of nitrogens with two attached hydrogens (primary N) is 1. The zero-order chi connectivity index (χ0) is 8.39. The maximum absolute atomic E-state index is 5.38. The first-order valence-corrected chi connectivity index (χ1v) is 4.08. The zero-order valence-electron chi connectivity index (χ0n) is 6.84. The van der Waals surface area contributed by atoms with E-state index >= 15 is 0 Å². The molecule has 0 aliphatic carbocycles. The van der Waals surface area contributed by atoms with Crippen molar-refractivity contribution in [2.45, 2.75) is 13.0 Å². The summed E-state index contributed by atoms with van der Waals surface area (Å²) < 4.78 is 5.38. The lowest BCUT2D eigenvalue weighted by Gasteiger charge is -2.02. The highest BCUT2D eigenvalue weighted by atomic mass is 16.5. The van der Waals surface area contributed by atoms with Crippen LogP contribution in [0, 0.1) is 0 Å². The van der Waals surface area contributed by atoms with Crippen LogP contribution in [-0.4, -0.2) is 6.61 Å². The maximum atomic E-state index is 5.38. The summed E-state index contributed by atoms with van der Waals surface area (Å²) in [4.78, 5) is 0. The third-order valence-electron chi connectivity index (χ3n) is 2.06. The van der Waals surface area contributed by atoms with Gasteiger partial charge in [-0.15, -0.1) is 0 Å². The van der Waals surface area contributed by atoms with Crippen molar-refractivity contribution in [1.29, 1.82) is 0 Å². The lowest BCUT2D eigenvalue weighted by molar-refractivity contribution is 0.357. The highest BCUT2D eigenvalue weighted by Gasteiger charge is 2.11. The van der Waals surface area contributed by atoms with Gasteiger partial charge >= 0.3 is 0 Å². The number of hydrogen-bond donors (Lipinski definition) is 2. The summed E-state index contributed by atoms with van der Waals surface area (Å²) in [7, 11) is 0. The van der Waals surface area contributed by atoms with E-state index in [9.17, 15) is 0 Å². The smallest absolute Gasteiger partial charge is 0.122 e. The number of ether oxygens (including phenoxy) is 1. The molecular weight excluding hydrogens is 152 g/mol. The summed E-state index contributed by atoms with van der Waals surface area (Å²) in [5, 5.41) is 0. The van der Waals surface area contributed by atoms with E-state index in [-0.39, 0.29) is 0 Å². The SMILES string of the molecule is NNCc1ccc2c(c1)CCO2. The Kier molecular flexibility index (Phi) is 1.98. The average Bonchev–Trinajstić information content (AvgIpc) is 2.51. The molecule has 1 heterocycles. The minimum atomic E-state index is 0.716. The van der Waals surface area contributed by atoms with E-state index in [4.69, 9.17) is 10.6 Å². The third-order valence-corrected chi connectivity index (χ3v) is 2.06. The minimum absolute atomic E-state index is 0.716. The molecule has 0 spiro atoms. The largest absolute Gasteiger partial charge is 0.493 e. The number of hydrazine groups is 1. The van der Waals surface area contributed by atoms with Gasteiger partial charge in [-0.05, 0) is 17.2 Å². The third kappa shape index (κ3) is 1.29. The summed E-state index contributed by atoms with van der Waals surface area (Å²) in [6, 6.07) is 6.18. The molecule has 1 aromatic carbocycles. The molecule has 2 rings (SSSR count). The lowest BCUT2D eigenvalue weighted by Crippen LogP contribution is -2.20. The Morgan fingerprint density at radius 3 is 3.25 bits per heavy atom. The first kappa shape index (κ1) is 7.58. The van der Waals surface area contributed by atoms with Gasteiger partial charge in [-0.3, -0.25) is 11.3 Å².